The summed E-state index contributed by atoms with van der Waals surface area (Å²) in [6.45, 7) is 4.17. The molecule has 35 heavy (non-hydrogen) atoms. The van der Waals surface area contributed by atoms with Crippen LogP contribution < -0.4 is 5.73 Å². The fourth-order valence-electron chi connectivity index (χ4n) is 4.98. The average molecular weight is 510 g/mol. The van der Waals surface area contributed by atoms with Crippen LogP contribution in [0.25, 0.3) is 10.9 Å². The molecule has 0 atom stereocenters. The highest BCUT2D eigenvalue weighted by molar-refractivity contribution is 6.07. The van der Waals surface area contributed by atoms with Gasteiger partial charge in [0.1, 0.15) is 0 Å². The van der Waals surface area contributed by atoms with E-state index in [9.17, 15) is 18.0 Å². The molecule has 2 heterocycles. The summed E-state index contributed by atoms with van der Waals surface area (Å²) in [5.74, 6) is -0.352. The zero-order chi connectivity index (χ0) is 24.5. The number of methoxy groups -OCH3 is 1. The van der Waals surface area contributed by atoms with E-state index in [4.69, 9.17) is 10.5 Å². The molecule has 4 rings (SSSR count). The molecule has 1 fully saturated rings. The van der Waals surface area contributed by atoms with Gasteiger partial charge in [0.05, 0.1) is 23.3 Å². The van der Waals surface area contributed by atoms with Crippen molar-refractivity contribution in [3.8, 4) is 0 Å². The van der Waals surface area contributed by atoms with E-state index in [0.29, 0.717) is 50.2 Å². The summed E-state index contributed by atoms with van der Waals surface area (Å²) in [4.78, 5) is 15.2. The van der Waals surface area contributed by atoms with Crippen LogP contribution in [-0.4, -0.2) is 42.2 Å². The lowest BCUT2D eigenvalue weighted by atomic mass is 9.85. The second-order valence-corrected chi connectivity index (χ2v) is 8.89. The number of aromatic nitrogens is 1. The fraction of sp³-hybridized carbons (Fsp3) is 0.423. The Balaban J connectivity index is 0.00000342. The van der Waals surface area contributed by atoms with Crippen LogP contribution >= 0.6 is 12.4 Å². The van der Waals surface area contributed by atoms with Gasteiger partial charge in [-0.1, -0.05) is 30.3 Å². The van der Waals surface area contributed by atoms with Crippen molar-refractivity contribution in [3.63, 3.8) is 0 Å². The summed E-state index contributed by atoms with van der Waals surface area (Å²) in [6.07, 6.45) is -1.59. The van der Waals surface area contributed by atoms with Crippen molar-refractivity contribution in [2.75, 3.05) is 26.8 Å². The summed E-state index contributed by atoms with van der Waals surface area (Å²) in [5, 5.41) is 0.887. The van der Waals surface area contributed by atoms with E-state index in [1.807, 2.05) is 35.9 Å². The highest BCUT2D eigenvalue weighted by Gasteiger charge is 2.36. The second kappa shape index (κ2) is 11.0. The van der Waals surface area contributed by atoms with Crippen LogP contribution in [0.1, 0.15) is 51.4 Å². The van der Waals surface area contributed by atoms with Crippen molar-refractivity contribution in [2.45, 2.75) is 44.9 Å². The number of halogens is 4. The highest BCUT2D eigenvalue weighted by Crippen LogP contribution is 2.39. The van der Waals surface area contributed by atoms with Crippen molar-refractivity contribution in [2.24, 2.45) is 5.73 Å². The van der Waals surface area contributed by atoms with E-state index in [0.717, 1.165) is 22.5 Å². The molecule has 1 aromatic heterocycles. The number of nitrogens with zero attached hydrogens (tertiary/aromatic N) is 2. The molecule has 0 saturated carbocycles. The lowest BCUT2D eigenvalue weighted by molar-refractivity contribution is -0.138. The highest BCUT2D eigenvalue weighted by atomic mass is 35.5. The molecule has 2 aromatic carbocycles. The van der Waals surface area contributed by atoms with E-state index in [2.05, 4.69) is 0 Å². The Labute approximate surface area is 209 Å². The maximum Gasteiger partial charge on any atom is 0.416 e. The Morgan fingerprint density at radius 3 is 2.51 bits per heavy atom. The van der Waals surface area contributed by atoms with Gasteiger partial charge in [-0.25, -0.2) is 0 Å². The van der Waals surface area contributed by atoms with E-state index < -0.39 is 11.7 Å². The molecule has 0 radical (unpaired) electrons. The molecule has 9 heteroatoms. The molecule has 5 nitrogen and oxygen atoms in total. The third-order valence-corrected chi connectivity index (χ3v) is 6.75. The molecule has 190 valence electrons. The van der Waals surface area contributed by atoms with Crippen LogP contribution in [0.15, 0.2) is 42.6 Å². The minimum atomic E-state index is -4.42. The molecule has 2 N–H and O–H groups in total. The predicted molar refractivity (Wildman–Crippen MR) is 133 cm³/mol. The zero-order valence-electron chi connectivity index (χ0n) is 19.9. The number of aryl methyl sites for hydroxylation is 1. The lowest BCUT2D eigenvalue weighted by Gasteiger charge is -2.33. The van der Waals surface area contributed by atoms with Gasteiger partial charge in [-0.3, -0.25) is 4.79 Å². The van der Waals surface area contributed by atoms with Crippen LogP contribution in [-0.2, 0) is 24.0 Å². The van der Waals surface area contributed by atoms with Crippen LogP contribution in [0.2, 0.25) is 0 Å². The summed E-state index contributed by atoms with van der Waals surface area (Å²) in [5.41, 5.74) is 8.74. The fourth-order valence-corrected chi connectivity index (χ4v) is 4.98. The lowest BCUT2D eigenvalue weighted by Crippen LogP contribution is -2.38. The number of hydrogen-bond donors (Lipinski definition) is 1. The maximum atomic E-state index is 13.6. The van der Waals surface area contributed by atoms with Gasteiger partial charge in [-0.15, -0.1) is 12.4 Å². The first kappa shape index (κ1) is 27.0. The van der Waals surface area contributed by atoms with Gasteiger partial charge in [0.2, 0.25) is 0 Å². The second-order valence-electron chi connectivity index (χ2n) is 8.89. The zero-order valence-corrected chi connectivity index (χ0v) is 20.7. The molecule has 1 amide bonds. The third kappa shape index (κ3) is 5.50. The molecule has 0 aliphatic carbocycles. The number of carbonyl (C=O) groups is 1. The maximum absolute atomic E-state index is 13.6. The van der Waals surface area contributed by atoms with Crippen LogP contribution in [0.3, 0.4) is 0 Å². The first-order chi connectivity index (χ1) is 16.2. The first-order valence-corrected chi connectivity index (χ1v) is 11.5. The Bertz CT molecular complexity index is 1180. The molecule has 1 aliphatic rings. The van der Waals surface area contributed by atoms with E-state index in [1.165, 1.54) is 6.07 Å². The number of alkyl halides is 3. The van der Waals surface area contributed by atoms with E-state index in [-0.39, 0.29) is 36.3 Å². The Morgan fingerprint density at radius 2 is 1.89 bits per heavy atom. The Morgan fingerprint density at radius 1 is 1.17 bits per heavy atom. The number of nitrogens with two attached hydrogens (primary N) is 1. The number of benzene rings is 2. The quantitative estimate of drug-likeness (QED) is 0.476. The smallest absolute Gasteiger partial charge is 0.383 e. The Kier molecular flexibility index (Phi) is 8.51. The van der Waals surface area contributed by atoms with Gasteiger partial charge < -0.3 is 19.9 Å². The molecule has 0 bridgehead atoms. The number of amides is 1. The first-order valence-electron chi connectivity index (χ1n) is 11.5. The molecule has 1 aliphatic heterocycles. The number of likely N-dealkylation sites (tertiary alicyclic amines) is 1. The van der Waals surface area contributed by atoms with Gasteiger partial charge >= 0.3 is 6.18 Å². The topological polar surface area (TPSA) is 60.5 Å². The van der Waals surface area contributed by atoms with Gasteiger partial charge in [0.25, 0.3) is 5.91 Å². The summed E-state index contributed by atoms with van der Waals surface area (Å²) in [7, 11) is 1.64. The third-order valence-electron chi connectivity index (χ3n) is 6.75. The van der Waals surface area contributed by atoms with Gasteiger partial charge in [0.15, 0.2) is 0 Å². The summed E-state index contributed by atoms with van der Waals surface area (Å²) in [6, 6.07) is 10.0. The number of rotatable bonds is 6. The monoisotopic (exact) mass is 509 g/mol. The molecule has 1 saturated heterocycles. The standard InChI is InChI=1S/C26H30F3N3O2.ClH/c1-17-4-3-5-20-22(16-32(24(17)20)12-13-34-2)25(33)31-10-8-19(9-11-31)21-14-18(15-30)6-7-23(21)26(27,28)29;/h3-7,14,16,19H,8-13,15,30H2,1-2H3;1H. The van der Waals surface area contributed by atoms with E-state index in [1.54, 1.807) is 18.1 Å². The van der Waals surface area contributed by atoms with Crippen LogP contribution in [0.4, 0.5) is 13.2 Å². The van der Waals surface area contributed by atoms with Gasteiger partial charge in [0, 0.05) is 44.9 Å². The average Bonchev–Trinajstić information content (AvgIpc) is 3.21. The van der Waals surface area contributed by atoms with Crippen molar-refractivity contribution in [1.82, 2.24) is 9.47 Å². The number of fused-ring (bicyclic) bond motifs is 1. The van der Waals surface area contributed by atoms with Crippen LogP contribution in [0, 0.1) is 6.92 Å². The molecule has 0 unspecified atom stereocenters. The van der Waals surface area contributed by atoms with Crippen molar-refractivity contribution < 1.29 is 22.7 Å². The molecule has 3 aromatic rings. The molecular weight excluding hydrogens is 479 g/mol. The number of para-hydroxylation sites is 1. The number of carbonyl (C=O) groups excluding carboxylic acids is 1. The van der Waals surface area contributed by atoms with Gasteiger partial charge in [-0.05, 0) is 48.4 Å². The molecule has 0 spiro atoms. The van der Waals surface area contributed by atoms with E-state index >= 15 is 0 Å². The van der Waals surface area contributed by atoms with Crippen molar-refractivity contribution in [1.29, 1.82) is 0 Å². The normalized spacial score (nSPS) is 14.9. The number of piperidine rings is 1. The number of ether oxygens (including phenoxy) is 1. The number of hydrogen-bond acceptors (Lipinski definition) is 3. The summed E-state index contributed by atoms with van der Waals surface area (Å²) < 4.78 is 48.2. The minimum absolute atomic E-state index is 0. The minimum Gasteiger partial charge on any atom is -0.383 e. The van der Waals surface area contributed by atoms with Gasteiger partial charge in [-0.2, -0.15) is 13.2 Å². The van der Waals surface area contributed by atoms with Crippen molar-refractivity contribution >= 4 is 29.2 Å². The molecular formula is C26H31ClF3N3O2. The Hall–Kier alpha value is -2.55. The van der Waals surface area contributed by atoms with Crippen molar-refractivity contribution in [3.05, 3.63) is 70.4 Å². The largest absolute Gasteiger partial charge is 0.416 e. The van der Waals surface area contributed by atoms with Crippen LogP contribution in [0.5, 0.6) is 0 Å². The summed E-state index contributed by atoms with van der Waals surface area (Å²) >= 11 is 0. The SMILES string of the molecule is COCCn1cc(C(=O)N2CCC(c3cc(CN)ccc3C(F)(F)F)CC2)c2cccc(C)c21.Cl. The predicted octanol–water partition coefficient (Wildman–Crippen LogP) is 5.52.